The van der Waals surface area contributed by atoms with Gasteiger partial charge in [0.1, 0.15) is 0 Å². The van der Waals surface area contributed by atoms with Crippen molar-refractivity contribution in [3.8, 4) is 0 Å². The molecule has 0 bridgehead atoms. The van der Waals surface area contributed by atoms with Crippen molar-refractivity contribution in [2.24, 2.45) is 11.5 Å². The number of carbonyl (C=O) groups is 2. The lowest BCUT2D eigenvalue weighted by atomic mass is 10.1. The monoisotopic (exact) mass is 221 g/mol. The van der Waals surface area contributed by atoms with Crippen molar-refractivity contribution in [2.45, 2.75) is 19.5 Å². The second kappa shape index (κ2) is 5.27. The molecule has 0 heterocycles. The predicted octanol–water partition coefficient (Wildman–Crippen LogP) is -0.251. The van der Waals surface area contributed by atoms with Crippen molar-refractivity contribution < 1.29 is 9.59 Å². The third-order valence-electron chi connectivity index (χ3n) is 2.12. The van der Waals surface area contributed by atoms with Gasteiger partial charge in [0, 0.05) is 12.1 Å². The Kier molecular flexibility index (Phi) is 4.02. The third-order valence-corrected chi connectivity index (χ3v) is 2.12. The molecule has 1 rings (SSSR count). The number of primary amides is 1. The first-order chi connectivity index (χ1) is 7.50. The maximum absolute atomic E-state index is 11.2. The van der Waals surface area contributed by atoms with Crippen molar-refractivity contribution >= 4 is 11.8 Å². The van der Waals surface area contributed by atoms with Gasteiger partial charge in [0.2, 0.25) is 11.8 Å². The van der Waals surface area contributed by atoms with E-state index in [9.17, 15) is 9.59 Å². The minimum Gasteiger partial charge on any atom is -0.366 e. The Morgan fingerprint density at radius 1 is 1.31 bits per heavy atom. The van der Waals surface area contributed by atoms with Gasteiger partial charge in [-0.15, -0.1) is 0 Å². The molecule has 1 aromatic rings. The molecule has 0 aliphatic heterocycles. The van der Waals surface area contributed by atoms with Gasteiger partial charge >= 0.3 is 0 Å². The van der Waals surface area contributed by atoms with Crippen LogP contribution in [0.2, 0.25) is 0 Å². The van der Waals surface area contributed by atoms with E-state index in [1.54, 1.807) is 31.2 Å². The van der Waals surface area contributed by atoms with E-state index in [2.05, 4.69) is 5.32 Å². The number of amides is 2. The molecule has 0 fully saturated rings. The molecule has 1 unspecified atom stereocenters. The molecule has 0 saturated heterocycles. The fourth-order valence-corrected chi connectivity index (χ4v) is 1.14. The van der Waals surface area contributed by atoms with Crippen LogP contribution in [-0.2, 0) is 11.3 Å². The highest BCUT2D eigenvalue weighted by Crippen LogP contribution is 2.03. The number of nitrogens with one attached hydrogen (secondary N) is 1. The normalized spacial score (nSPS) is 11.9. The Balaban J connectivity index is 2.56. The number of nitrogens with two attached hydrogens (primary N) is 2. The maximum Gasteiger partial charge on any atom is 0.248 e. The van der Waals surface area contributed by atoms with Crippen LogP contribution in [0.5, 0.6) is 0 Å². The van der Waals surface area contributed by atoms with Gasteiger partial charge < -0.3 is 16.8 Å². The highest BCUT2D eigenvalue weighted by atomic mass is 16.2. The molecule has 0 aliphatic carbocycles. The second-order valence-electron chi connectivity index (χ2n) is 3.57. The summed E-state index contributed by atoms with van der Waals surface area (Å²) in [7, 11) is 0. The van der Waals surface area contributed by atoms with Crippen LogP contribution in [-0.4, -0.2) is 17.9 Å². The van der Waals surface area contributed by atoms with Gasteiger partial charge in [-0.1, -0.05) is 12.1 Å². The Morgan fingerprint density at radius 3 is 2.31 bits per heavy atom. The number of benzene rings is 1. The van der Waals surface area contributed by atoms with Crippen LogP contribution in [0.1, 0.15) is 22.8 Å². The highest BCUT2D eigenvalue weighted by Gasteiger charge is 2.06. The molecule has 0 radical (unpaired) electrons. The van der Waals surface area contributed by atoms with Crippen LogP contribution < -0.4 is 16.8 Å². The van der Waals surface area contributed by atoms with Gasteiger partial charge in [0.25, 0.3) is 0 Å². The summed E-state index contributed by atoms with van der Waals surface area (Å²) in [6.07, 6.45) is 0. The molecule has 5 N–H and O–H groups in total. The van der Waals surface area contributed by atoms with E-state index in [-0.39, 0.29) is 5.91 Å². The zero-order valence-corrected chi connectivity index (χ0v) is 9.07. The largest absolute Gasteiger partial charge is 0.366 e. The van der Waals surface area contributed by atoms with E-state index < -0.39 is 11.9 Å². The molecule has 0 saturated carbocycles. The van der Waals surface area contributed by atoms with Crippen LogP contribution in [0.3, 0.4) is 0 Å². The summed E-state index contributed by atoms with van der Waals surface area (Å²) in [4.78, 5) is 22.0. The van der Waals surface area contributed by atoms with Crippen LogP contribution >= 0.6 is 0 Å². The summed E-state index contributed by atoms with van der Waals surface area (Å²) in [6, 6.07) is 6.19. The maximum atomic E-state index is 11.2. The summed E-state index contributed by atoms with van der Waals surface area (Å²) in [5.74, 6) is -0.676. The molecular weight excluding hydrogens is 206 g/mol. The van der Waals surface area contributed by atoms with E-state index in [0.29, 0.717) is 12.1 Å². The van der Waals surface area contributed by atoms with Crippen molar-refractivity contribution in [2.75, 3.05) is 0 Å². The Bertz CT molecular complexity index is 385. The molecule has 16 heavy (non-hydrogen) atoms. The van der Waals surface area contributed by atoms with Crippen molar-refractivity contribution in [3.05, 3.63) is 35.4 Å². The van der Waals surface area contributed by atoms with Gasteiger partial charge in [0.05, 0.1) is 6.04 Å². The molecule has 5 heteroatoms. The molecule has 0 aromatic heterocycles. The van der Waals surface area contributed by atoms with E-state index >= 15 is 0 Å². The van der Waals surface area contributed by atoms with Crippen LogP contribution in [0, 0.1) is 0 Å². The number of carbonyl (C=O) groups excluding carboxylic acids is 2. The van der Waals surface area contributed by atoms with Gasteiger partial charge in [0.15, 0.2) is 0 Å². The lowest BCUT2D eigenvalue weighted by Crippen LogP contribution is -2.37. The highest BCUT2D eigenvalue weighted by molar-refractivity contribution is 5.92. The van der Waals surface area contributed by atoms with Gasteiger partial charge in [-0.05, 0) is 24.6 Å². The van der Waals surface area contributed by atoms with E-state index in [1.165, 1.54) is 0 Å². The summed E-state index contributed by atoms with van der Waals surface area (Å²) >= 11 is 0. The quantitative estimate of drug-likeness (QED) is 0.653. The molecule has 0 spiro atoms. The average molecular weight is 221 g/mol. The molecule has 1 atom stereocenters. The van der Waals surface area contributed by atoms with Crippen LogP contribution in [0.15, 0.2) is 24.3 Å². The predicted molar refractivity (Wildman–Crippen MR) is 60.5 cm³/mol. The summed E-state index contributed by atoms with van der Waals surface area (Å²) < 4.78 is 0. The molecular formula is C11H15N3O2. The zero-order chi connectivity index (χ0) is 12.1. The first kappa shape index (κ1) is 12.2. The smallest absolute Gasteiger partial charge is 0.248 e. The fraction of sp³-hybridized carbons (Fsp3) is 0.273. The van der Waals surface area contributed by atoms with Crippen molar-refractivity contribution in [1.29, 1.82) is 0 Å². The van der Waals surface area contributed by atoms with Gasteiger partial charge in [-0.25, -0.2) is 0 Å². The van der Waals surface area contributed by atoms with E-state index in [4.69, 9.17) is 11.5 Å². The van der Waals surface area contributed by atoms with E-state index in [1.807, 2.05) is 0 Å². The minimum absolute atomic E-state index is 0.209. The second-order valence-corrected chi connectivity index (χ2v) is 3.57. The molecule has 0 aliphatic rings. The molecule has 2 amide bonds. The summed E-state index contributed by atoms with van der Waals surface area (Å²) in [6.45, 7) is 2.00. The number of rotatable bonds is 4. The van der Waals surface area contributed by atoms with Crippen molar-refractivity contribution in [1.82, 2.24) is 5.32 Å². The molecule has 1 aromatic carbocycles. The fourth-order valence-electron chi connectivity index (χ4n) is 1.14. The third kappa shape index (κ3) is 3.36. The number of hydrogen-bond acceptors (Lipinski definition) is 3. The van der Waals surface area contributed by atoms with Gasteiger partial charge in [-0.3, -0.25) is 9.59 Å². The first-order valence-electron chi connectivity index (χ1n) is 4.92. The Labute approximate surface area is 93.8 Å². The van der Waals surface area contributed by atoms with E-state index in [0.717, 1.165) is 5.56 Å². The topological polar surface area (TPSA) is 98.2 Å². The summed E-state index contributed by atoms with van der Waals surface area (Å²) in [5, 5.41) is 2.67. The molecule has 86 valence electrons. The lowest BCUT2D eigenvalue weighted by Gasteiger charge is -2.07. The summed E-state index contributed by atoms with van der Waals surface area (Å²) in [5.41, 5.74) is 11.8. The SMILES string of the molecule is CC(N)C(=O)NCc1ccc(C(N)=O)cc1. The minimum atomic E-state index is -0.523. The lowest BCUT2D eigenvalue weighted by molar-refractivity contribution is -0.122. The number of hydrogen-bond donors (Lipinski definition) is 3. The standard InChI is InChI=1S/C11H15N3O2/c1-7(12)11(16)14-6-8-2-4-9(5-3-8)10(13)15/h2-5,7H,6,12H2,1H3,(H2,13,15)(H,14,16). The van der Waals surface area contributed by atoms with Gasteiger partial charge in [-0.2, -0.15) is 0 Å². The average Bonchev–Trinajstić information content (AvgIpc) is 2.26. The zero-order valence-electron chi connectivity index (χ0n) is 9.07. The Hall–Kier alpha value is -1.88. The van der Waals surface area contributed by atoms with Crippen LogP contribution in [0.4, 0.5) is 0 Å². The van der Waals surface area contributed by atoms with Crippen molar-refractivity contribution in [3.63, 3.8) is 0 Å². The molecule has 5 nitrogen and oxygen atoms in total. The first-order valence-corrected chi connectivity index (χ1v) is 4.92. The van der Waals surface area contributed by atoms with Crippen LogP contribution in [0.25, 0.3) is 0 Å². The Morgan fingerprint density at radius 2 is 1.88 bits per heavy atom.